The lowest BCUT2D eigenvalue weighted by atomic mass is 9.85. The standard InChI is InChI=1S/C18H21NO2S/c1-22(20,21)12-11-19-13-16-9-5-6-10-17(16)18(14-19)15-7-3-2-4-8-15/h2-10,18H,11-14H2,1H3. The zero-order valence-corrected chi connectivity index (χ0v) is 13.6. The molecule has 0 saturated heterocycles. The van der Waals surface area contributed by atoms with Crippen molar-refractivity contribution in [1.29, 1.82) is 0 Å². The van der Waals surface area contributed by atoms with Gasteiger partial charge in [0.15, 0.2) is 0 Å². The van der Waals surface area contributed by atoms with Crippen molar-refractivity contribution in [3.05, 3.63) is 71.3 Å². The Hall–Kier alpha value is -1.65. The highest BCUT2D eigenvalue weighted by molar-refractivity contribution is 7.90. The van der Waals surface area contributed by atoms with Gasteiger partial charge in [0.05, 0.1) is 5.75 Å². The van der Waals surface area contributed by atoms with Crippen molar-refractivity contribution in [2.75, 3.05) is 25.1 Å². The van der Waals surface area contributed by atoms with Crippen LogP contribution in [0.4, 0.5) is 0 Å². The van der Waals surface area contributed by atoms with E-state index in [1.165, 1.54) is 22.9 Å². The first kappa shape index (κ1) is 15.3. The maximum Gasteiger partial charge on any atom is 0.148 e. The van der Waals surface area contributed by atoms with E-state index in [0.29, 0.717) is 12.5 Å². The number of hydrogen-bond donors (Lipinski definition) is 0. The summed E-state index contributed by atoms with van der Waals surface area (Å²) in [5.74, 6) is 0.530. The Kier molecular flexibility index (Phi) is 4.32. The molecular weight excluding hydrogens is 294 g/mol. The Labute approximate surface area is 132 Å². The summed E-state index contributed by atoms with van der Waals surface area (Å²) in [4.78, 5) is 2.25. The van der Waals surface area contributed by atoms with E-state index in [9.17, 15) is 8.42 Å². The van der Waals surface area contributed by atoms with Gasteiger partial charge in [0.1, 0.15) is 9.84 Å². The van der Waals surface area contributed by atoms with Gasteiger partial charge in [-0.1, -0.05) is 54.6 Å². The normalized spacial score (nSPS) is 18.9. The van der Waals surface area contributed by atoms with E-state index >= 15 is 0 Å². The van der Waals surface area contributed by atoms with E-state index < -0.39 is 9.84 Å². The molecule has 3 nitrogen and oxygen atoms in total. The van der Waals surface area contributed by atoms with Crippen LogP contribution in [0.25, 0.3) is 0 Å². The van der Waals surface area contributed by atoms with Crippen LogP contribution in [0.2, 0.25) is 0 Å². The SMILES string of the molecule is CS(=O)(=O)CCN1Cc2ccccc2C(c2ccccc2)C1. The maximum absolute atomic E-state index is 11.4. The number of fused-ring (bicyclic) bond motifs is 1. The lowest BCUT2D eigenvalue weighted by molar-refractivity contribution is 0.254. The fraction of sp³-hybridized carbons (Fsp3) is 0.333. The van der Waals surface area contributed by atoms with Crippen LogP contribution in [-0.4, -0.2) is 38.4 Å². The average molecular weight is 315 g/mol. The molecule has 0 aromatic heterocycles. The first-order valence-electron chi connectivity index (χ1n) is 7.56. The molecule has 2 aromatic rings. The summed E-state index contributed by atoms with van der Waals surface area (Å²) >= 11 is 0. The molecule has 1 unspecified atom stereocenters. The monoisotopic (exact) mass is 315 g/mol. The maximum atomic E-state index is 11.4. The third-order valence-corrected chi connectivity index (χ3v) is 5.17. The second-order valence-electron chi connectivity index (χ2n) is 6.03. The van der Waals surface area contributed by atoms with Gasteiger partial charge in [-0.15, -0.1) is 0 Å². The van der Waals surface area contributed by atoms with Crippen LogP contribution >= 0.6 is 0 Å². The minimum atomic E-state index is -2.92. The number of benzene rings is 2. The second-order valence-corrected chi connectivity index (χ2v) is 8.29. The summed E-state index contributed by atoms with van der Waals surface area (Å²) in [5.41, 5.74) is 3.96. The van der Waals surface area contributed by atoms with Crippen LogP contribution in [-0.2, 0) is 16.4 Å². The van der Waals surface area contributed by atoms with Crippen LogP contribution in [0.1, 0.15) is 22.6 Å². The molecule has 1 heterocycles. The molecule has 1 aliphatic heterocycles. The van der Waals surface area contributed by atoms with E-state index in [-0.39, 0.29) is 5.75 Å². The van der Waals surface area contributed by atoms with E-state index in [1.54, 1.807) is 0 Å². The predicted octanol–water partition coefficient (Wildman–Crippen LogP) is 2.68. The van der Waals surface area contributed by atoms with Crippen LogP contribution < -0.4 is 0 Å². The van der Waals surface area contributed by atoms with Gasteiger partial charge >= 0.3 is 0 Å². The molecule has 0 N–H and O–H groups in total. The van der Waals surface area contributed by atoms with Crippen LogP contribution in [0.5, 0.6) is 0 Å². The quantitative estimate of drug-likeness (QED) is 0.870. The summed E-state index contributed by atoms with van der Waals surface area (Å²) in [7, 11) is -2.92. The molecule has 0 bridgehead atoms. The Bertz CT molecular complexity index is 741. The zero-order valence-electron chi connectivity index (χ0n) is 12.8. The Balaban J connectivity index is 1.88. The molecular formula is C18H21NO2S. The molecule has 1 aliphatic rings. The molecule has 0 aliphatic carbocycles. The van der Waals surface area contributed by atoms with Gasteiger partial charge in [0.25, 0.3) is 0 Å². The summed E-state index contributed by atoms with van der Waals surface area (Å²) < 4.78 is 22.9. The second kappa shape index (κ2) is 6.23. The summed E-state index contributed by atoms with van der Waals surface area (Å²) in [6.45, 7) is 2.29. The molecule has 0 amide bonds. The Morgan fingerprint density at radius 3 is 2.45 bits per heavy atom. The van der Waals surface area contributed by atoms with E-state index in [0.717, 1.165) is 13.1 Å². The summed E-state index contributed by atoms with van der Waals surface area (Å²) in [5, 5.41) is 0. The molecule has 22 heavy (non-hydrogen) atoms. The highest BCUT2D eigenvalue weighted by atomic mass is 32.2. The van der Waals surface area contributed by atoms with E-state index in [4.69, 9.17) is 0 Å². The molecule has 116 valence electrons. The van der Waals surface area contributed by atoms with Gasteiger partial charge in [-0.3, -0.25) is 4.90 Å². The van der Waals surface area contributed by atoms with Crippen LogP contribution in [0, 0.1) is 0 Å². The molecule has 4 heteroatoms. The van der Waals surface area contributed by atoms with Crippen LogP contribution in [0.15, 0.2) is 54.6 Å². The van der Waals surface area contributed by atoms with Gasteiger partial charge in [-0.25, -0.2) is 8.42 Å². The van der Waals surface area contributed by atoms with Crippen molar-refractivity contribution in [3.8, 4) is 0 Å². The van der Waals surface area contributed by atoms with Crippen molar-refractivity contribution in [2.45, 2.75) is 12.5 Å². The Morgan fingerprint density at radius 1 is 1.05 bits per heavy atom. The molecule has 0 radical (unpaired) electrons. The number of nitrogens with zero attached hydrogens (tertiary/aromatic N) is 1. The Morgan fingerprint density at radius 2 is 1.73 bits per heavy atom. The van der Waals surface area contributed by atoms with Gasteiger partial charge in [-0.05, 0) is 16.7 Å². The third kappa shape index (κ3) is 3.57. The van der Waals surface area contributed by atoms with Crippen molar-refractivity contribution in [1.82, 2.24) is 4.90 Å². The van der Waals surface area contributed by atoms with Crippen molar-refractivity contribution >= 4 is 9.84 Å². The largest absolute Gasteiger partial charge is 0.297 e. The van der Waals surface area contributed by atoms with Crippen molar-refractivity contribution < 1.29 is 8.42 Å². The van der Waals surface area contributed by atoms with E-state index in [2.05, 4.69) is 53.4 Å². The van der Waals surface area contributed by atoms with Gasteiger partial charge in [-0.2, -0.15) is 0 Å². The van der Waals surface area contributed by atoms with Gasteiger partial charge in [0, 0.05) is 31.8 Å². The lowest BCUT2D eigenvalue weighted by Gasteiger charge is -2.35. The highest BCUT2D eigenvalue weighted by Gasteiger charge is 2.26. The topological polar surface area (TPSA) is 37.4 Å². The molecule has 0 fully saturated rings. The molecule has 1 atom stereocenters. The van der Waals surface area contributed by atoms with Crippen molar-refractivity contribution in [2.24, 2.45) is 0 Å². The third-order valence-electron chi connectivity index (χ3n) is 4.25. The lowest BCUT2D eigenvalue weighted by Crippen LogP contribution is -2.37. The number of rotatable bonds is 4. The molecule has 0 spiro atoms. The fourth-order valence-corrected chi connectivity index (χ4v) is 3.71. The summed E-state index contributed by atoms with van der Waals surface area (Å²) in [6, 6.07) is 18.9. The fourth-order valence-electron chi connectivity index (χ4n) is 3.12. The molecule has 0 saturated carbocycles. The minimum Gasteiger partial charge on any atom is -0.297 e. The first-order chi connectivity index (χ1) is 10.5. The first-order valence-corrected chi connectivity index (χ1v) is 9.62. The number of hydrogen-bond acceptors (Lipinski definition) is 3. The van der Waals surface area contributed by atoms with Gasteiger partial charge < -0.3 is 0 Å². The zero-order chi connectivity index (χ0) is 15.6. The minimum absolute atomic E-state index is 0.219. The predicted molar refractivity (Wildman–Crippen MR) is 89.7 cm³/mol. The smallest absolute Gasteiger partial charge is 0.148 e. The van der Waals surface area contributed by atoms with Crippen molar-refractivity contribution in [3.63, 3.8) is 0 Å². The molecule has 2 aromatic carbocycles. The van der Waals surface area contributed by atoms with E-state index in [1.807, 2.05) is 6.07 Å². The van der Waals surface area contributed by atoms with Crippen LogP contribution in [0.3, 0.4) is 0 Å². The highest BCUT2D eigenvalue weighted by Crippen LogP contribution is 2.33. The number of sulfone groups is 1. The average Bonchev–Trinajstić information content (AvgIpc) is 2.52. The van der Waals surface area contributed by atoms with Gasteiger partial charge in [0.2, 0.25) is 0 Å². The summed E-state index contributed by atoms with van der Waals surface area (Å²) in [6.07, 6.45) is 1.31. The molecule has 3 rings (SSSR count).